The number of rotatable bonds is 8. The van der Waals surface area contributed by atoms with Gasteiger partial charge in [-0.25, -0.2) is 4.79 Å². The van der Waals surface area contributed by atoms with Crippen molar-refractivity contribution in [1.82, 2.24) is 10.7 Å². The number of carbonyl (C=O) groups is 1. The average molecular weight is 398 g/mol. The van der Waals surface area contributed by atoms with Crippen molar-refractivity contribution >= 4 is 29.5 Å². The maximum atomic E-state index is 11.5. The zero-order valence-corrected chi connectivity index (χ0v) is 16.7. The van der Waals surface area contributed by atoms with Gasteiger partial charge in [0.2, 0.25) is 0 Å². The molecule has 0 unspecified atom stereocenters. The van der Waals surface area contributed by atoms with Crippen LogP contribution in [0.25, 0.3) is 0 Å². The van der Waals surface area contributed by atoms with Gasteiger partial charge in [0.05, 0.1) is 18.9 Å². The van der Waals surface area contributed by atoms with Crippen LogP contribution in [0.15, 0.2) is 65.8 Å². The van der Waals surface area contributed by atoms with Crippen molar-refractivity contribution in [3.8, 4) is 5.75 Å². The minimum atomic E-state index is -0.364. The first-order valence-electron chi connectivity index (χ1n) is 8.60. The number of esters is 1. The summed E-state index contributed by atoms with van der Waals surface area (Å²) in [5, 5.41) is 7.54. The lowest BCUT2D eigenvalue weighted by atomic mass is 10.1. The summed E-state index contributed by atoms with van der Waals surface area (Å²) in [7, 11) is 1.36. The Kier molecular flexibility index (Phi) is 8.17. The van der Waals surface area contributed by atoms with E-state index in [4.69, 9.17) is 21.7 Å². The lowest BCUT2D eigenvalue weighted by Gasteiger charge is -2.10. The van der Waals surface area contributed by atoms with E-state index in [9.17, 15) is 4.79 Å². The van der Waals surface area contributed by atoms with Crippen LogP contribution in [-0.4, -0.2) is 31.0 Å². The first-order chi connectivity index (χ1) is 13.5. The van der Waals surface area contributed by atoms with Gasteiger partial charge in [0.1, 0.15) is 12.4 Å². The maximum Gasteiger partial charge on any atom is 0.337 e. The summed E-state index contributed by atoms with van der Waals surface area (Å²) >= 11 is 5.13. The van der Waals surface area contributed by atoms with E-state index in [1.165, 1.54) is 7.11 Å². The third-order valence-electron chi connectivity index (χ3n) is 3.61. The highest BCUT2D eigenvalue weighted by Crippen LogP contribution is 2.18. The molecule has 0 aliphatic heterocycles. The largest absolute Gasteiger partial charge is 0.488 e. The van der Waals surface area contributed by atoms with Gasteiger partial charge in [-0.3, -0.25) is 5.43 Å². The Bertz CT molecular complexity index is 863. The lowest BCUT2D eigenvalue weighted by molar-refractivity contribution is 0.0600. The maximum absolute atomic E-state index is 11.5. The first-order valence-corrected chi connectivity index (χ1v) is 9.01. The fraction of sp³-hybridized carbons (Fsp3) is 0.190. The van der Waals surface area contributed by atoms with Crippen LogP contribution >= 0.6 is 12.2 Å². The van der Waals surface area contributed by atoms with E-state index < -0.39 is 0 Å². The number of nitrogens with zero attached hydrogens (tertiary/aromatic N) is 1. The van der Waals surface area contributed by atoms with Crippen molar-refractivity contribution in [1.29, 1.82) is 0 Å². The Labute approximate surface area is 170 Å². The van der Waals surface area contributed by atoms with Gasteiger partial charge in [-0.1, -0.05) is 36.4 Å². The second-order valence-corrected chi connectivity index (χ2v) is 6.43. The number of hydrogen-bond donors (Lipinski definition) is 2. The molecular formula is C21H23N3O3S. The molecule has 0 heterocycles. The Morgan fingerprint density at radius 1 is 1.21 bits per heavy atom. The molecule has 28 heavy (non-hydrogen) atoms. The number of hydrogen-bond acceptors (Lipinski definition) is 5. The fourth-order valence-electron chi connectivity index (χ4n) is 2.17. The van der Waals surface area contributed by atoms with Gasteiger partial charge in [-0.15, -0.1) is 0 Å². The molecule has 6 nitrogen and oxygen atoms in total. The summed E-state index contributed by atoms with van der Waals surface area (Å²) < 4.78 is 10.6. The van der Waals surface area contributed by atoms with Gasteiger partial charge in [-0.05, 0) is 49.0 Å². The van der Waals surface area contributed by atoms with E-state index in [1.54, 1.807) is 18.3 Å². The fourth-order valence-corrected chi connectivity index (χ4v) is 2.29. The molecule has 0 radical (unpaired) electrons. The number of ether oxygens (including phenoxy) is 2. The average Bonchev–Trinajstić information content (AvgIpc) is 2.71. The van der Waals surface area contributed by atoms with Gasteiger partial charge in [-0.2, -0.15) is 5.10 Å². The molecule has 2 aromatic carbocycles. The Morgan fingerprint density at radius 2 is 1.93 bits per heavy atom. The number of hydrazone groups is 1. The number of nitrogens with one attached hydrogen (secondary N) is 2. The highest BCUT2D eigenvalue weighted by Gasteiger charge is 2.06. The zero-order chi connectivity index (χ0) is 20.4. The molecular weight excluding hydrogens is 374 g/mol. The predicted octanol–water partition coefficient (Wildman–Crippen LogP) is 3.43. The van der Waals surface area contributed by atoms with Crippen LogP contribution in [0, 0.1) is 0 Å². The van der Waals surface area contributed by atoms with Crippen molar-refractivity contribution in [2.24, 2.45) is 5.10 Å². The van der Waals surface area contributed by atoms with Crippen LogP contribution in [0.2, 0.25) is 0 Å². The van der Waals surface area contributed by atoms with Crippen molar-refractivity contribution in [3.05, 3.63) is 77.4 Å². The second-order valence-electron chi connectivity index (χ2n) is 6.02. The minimum Gasteiger partial charge on any atom is -0.488 e. The van der Waals surface area contributed by atoms with E-state index in [-0.39, 0.29) is 5.97 Å². The first kappa shape index (κ1) is 21.1. The van der Waals surface area contributed by atoms with E-state index in [1.807, 2.05) is 43.3 Å². The molecule has 0 fully saturated rings. The molecule has 0 amide bonds. The van der Waals surface area contributed by atoms with Crippen molar-refractivity contribution < 1.29 is 14.3 Å². The zero-order valence-electron chi connectivity index (χ0n) is 15.9. The molecule has 0 saturated heterocycles. The number of carbonyl (C=O) groups excluding carboxylic acids is 1. The Morgan fingerprint density at radius 3 is 2.61 bits per heavy atom. The SMILES string of the molecule is C=C(C)CNC(=S)N/N=C/c1ccccc1OCc1ccc(C(=O)OC)cc1. The van der Waals surface area contributed by atoms with E-state index in [0.717, 1.165) is 16.7 Å². The number of benzene rings is 2. The molecule has 146 valence electrons. The summed E-state index contributed by atoms with van der Waals surface area (Å²) in [5.74, 6) is 0.322. The smallest absolute Gasteiger partial charge is 0.337 e. The van der Waals surface area contributed by atoms with Crippen LogP contribution in [-0.2, 0) is 11.3 Å². The van der Waals surface area contributed by atoms with Crippen LogP contribution < -0.4 is 15.5 Å². The summed E-state index contributed by atoms with van der Waals surface area (Å²) in [5.41, 5.74) is 5.98. The van der Waals surface area contributed by atoms with E-state index in [0.29, 0.717) is 29.6 Å². The van der Waals surface area contributed by atoms with Gasteiger partial charge in [0, 0.05) is 12.1 Å². The quantitative estimate of drug-likeness (QED) is 0.234. The number of para-hydroxylation sites is 1. The van der Waals surface area contributed by atoms with Gasteiger partial charge in [0.25, 0.3) is 0 Å². The minimum absolute atomic E-state index is 0.359. The Hall–Kier alpha value is -3.19. The van der Waals surface area contributed by atoms with E-state index in [2.05, 4.69) is 22.4 Å². The summed E-state index contributed by atoms with van der Waals surface area (Å²) in [6.07, 6.45) is 1.64. The molecule has 0 spiro atoms. The number of thiocarbonyl (C=S) groups is 1. The molecule has 0 atom stereocenters. The van der Waals surface area contributed by atoms with Gasteiger partial charge in [0.15, 0.2) is 5.11 Å². The van der Waals surface area contributed by atoms with Crippen LogP contribution in [0.5, 0.6) is 5.75 Å². The third kappa shape index (κ3) is 6.85. The highest BCUT2D eigenvalue weighted by molar-refractivity contribution is 7.80. The molecule has 0 aliphatic carbocycles. The molecule has 0 saturated carbocycles. The summed E-state index contributed by atoms with van der Waals surface area (Å²) in [6.45, 7) is 6.67. The monoisotopic (exact) mass is 397 g/mol. The molecule has 2 N–H and O–H groups in total. The normalized spacial score (nSPS) is 10.4. The standard InChI is InChI=1S/C21H23N3O3S/c1-15(2)12-22-21(28)24-23-13-18-6-4-5-7-19(18)27-14-16-8-10-17(11-9-16)20(25)26-3/h4-11,13H,1,12,14H2,2-3H3,(H2,22,24,28)/b23-13+. The van der Waals surface area contributed by atoms with E-state index >= 15 is 0 Å². The highest BCUT2D eigenvalue weighted by atomic mass is 32.1. The van der Waals surface area contributed by atoms with Crippen LogP contribution in [0.4, 0.5) is 0 Å². The van der Waals surface area contributed by atoms with Crippen molar-refractivity contribution in [3.63, 3.8) is 0 Å². The molecule has 2 aromatic rings. The second kappa shape index (κ2) is 10.8. The van der Waals surface area contributed by atoms with Crippen molar-refractivity contribution in [2.75, 3.05) is 13.7 Å². The molecule has 0 aromatic heterocycles. The molecule has 7 heteroatoms. The van der Waals surface area contributed by atoms with Gasteiger partial charge >= 0.3 is 5.97 Å². The summed E-state index contributed by atoms with van der Waals surface area (Å²) in [6, 6.07) is 14.6. The molecule has 0 bridgehead atoms. The molecule has 0 aliphatic rings. The summed E-state index contributed by atoms with van der Waals surface area (Å²) in [4.78, 5) is 11.5. The van der Waals surface area contributed by atoms with Crippen molar-refractivity contribution in [2.45, 2.75) is 13.5 Å². The van der Waals surface area contributed by atoms with Crippen LogP contribution in [0.3, 0.4) is 0 Å². The number of methoxy groups -OCH3 is 1. The van der Waals surface area contributed by atoms with Gasteiger partial charge < -0.3 is 14.8 Å². The topological polar surface area (TPSA) is 72.0 Å². The lowest BCUT2D eigenvalue weighted by Crippen LogP contribution is -2.32. The predicted molar refractivity (Wildman–Crippen MR) is 115 cm³/mol. The Balaban J connectivity index is 1.94. The third-order valence-corrected chi connectivity index (χ3v) is 3.84. The van der Waals surface area contributed by atoms with Crippen LogP contribution in [0.1, 0.15) is 28.4 Å². The molecule has 2 rings (SSSR count).